The molecule has 1 atom stereocenters. The predicted molar refractivity (Wildman–Crippen MR) is 80.7 cm³/mol. The van der Waals surface area contributed by atoms with Gasteiger partial charge in [0.15, 0.2) is 0 Å². The predicted octanol–water partition coefficient (Wildman–Crippen LogP) is 3.48. The Morgan fingerprint density at radius 2 is 2.05 bits per heavy atom. The van der Waals surface area contributed by atoms with Crippen molar-refractivity contribution in [2.24, 2.45) is 12.5 Å². The number of likely N-dealkylation sites (N-methyl/N-ethyl adjacent to an activating group) is 1. The van der Waals surface area contributed by atoms with Crippen molar-refractivity contribution in [3.63, 3.8) is 0 Å². The van der Waals surface area contributed by atoms with E-state index in [-0.39, 0.29) is 0 Å². The summed E-state index contributed by atoms with van der Waals surface area (Å²) in [6.07, 6.45) is 7.62. The number of nitrogens with zero attached hydrogens (tertiary/aromatic N) is 2. The van der Waals surface area contributed by atoms with E-state index in [0.717, 1.165) is 17.1 Å². The van der Waals surface area contributed by atoms with E-state index in [0.29, 0.717) is 11.5 Å². The van der Waals surface area contributed by atoms with E-state index in [1.165, 1.54) is 37.8 Å². The lowest BCUT2D eigenvalue weighted by molar-refractivity contribution is 0.190. The van der Waals surface area contributed by atoms with Crippen LogP contribution in [0.5, 0.6) is 0 Å². The molecule has 1 aliphatic carbocycles. The molecule has 1 aliphatic rings. The fourth-order valence-electron chi connectivity index (χ4n) is 3.75. The van der Waals surface area contributed by atoms with Gasteiger partial charge in [-0.3, -0.25) is 4.68 Å². The van der Waals surface area contributed by atoms with Gasteiger partial charge >= 0.3 is 0 Å². The van der Waals surface area contributed by atoms with E-state index in [9.17, 15) is 0 Å². The lowest BCUT2D eigenvalue weighted by Gasteiger charge is -2.37. The van der Waals surface area contributed by atoms with E-state index in [4.69, 9.17) is 11.6 Å². The first-order valence-electron chi connectivity index (χ1n) is 7.39. The number of hydrogen-bond donors (Lipinski definition) is 1. The first-order chi connectivity index (χ1) is 9.04. The van der Waals surface area contributed by atoms with Crippen molar-refractivity contribution in [1.29, 1.82) is 0 Å². The Bertz CT molecular complexity index is 433. The highest BCUT2D eigenvalue weighted by atomic mass is 35.5. The van der Waals surface area contributed by atoms with Crippen molar-refractivity contribution >= 4 is 11.6 Å². The van der Waals surface area contributed by atoms with Gasteiger partial charge in [0, 0.05) is 19.5 Å². The van der Waals surface area contributed by atoms with Crippen LogP contribution in [0.2, 0.25) is 5.02 Å². The second kappa shape index (κ2) is 5.84. The summed E-state index contributed by atoms with van der Waals surface area (Å²) in [6.45, 7) is 4.30. The normalized spacial score (nSPS) is 19.8. The summed E-state index contributed by atoms with van der Waals surface area (Å²) >= 11 is 6.40. The van der Waals surface area contributed by atoms with Crippen molar-refractivity contribution < 1.29 is 0 Å². The molecule has 0 aliphatic heterocycles. The van der Waals surface area contributed by atoms with E-state index in [1.807, 2.05) is 18.7 Å². The largest absolute Gasteiger partial charge is 0.316 e. The topological polar surface area (TPSA) is 29.9 Å². The van der Waals surface area contributed by atoms with Gasteiger partial charge in [-0.25, -0.2) is 0 Å². The first kappa shape index (κ1) is 14.9. The highest BCUT2D eigenvalue weighted by molar-refractivity contribution is 6.31. The highest BCUT2D eigenvalue weighted by Gasteiger charge is 2.39. The van der Waals surface area contributed by atoms with Crippen molar-refractivity contribution in [3.8, 4) is 0 Å². The molecule has 108 valence electrons. The summed E-state index contributed by atoms with van der Waals surface area (Å²) in [5, 5.41) is 8.82. The molecule has 0 aromatic carbocycles. The summed E-state index contributed by atoms with van der Waals surface area (Å²) < 4.78 is 1.94. The molecule has 0 bridgehead atoms. The Morgan fingerprint density at radius 3 is 2.47 bits per heavy atom. The summed E-state index contributed by atoms with van der Waals surface area (Å²) in [5.74, 6) is 0. The zero-order valence-corrected chi connectivity index (χ0v) is 13.3. The standard InChI is InChI=1S/C15H26ClN3/c1-5-15(8-6-7-9-15)13(17-3)10-12-14(16)11(2)18-19(12)4/h13,17H,5-10H2,1-4H3. The SMILES string of the molecule is CCC1(C(Cc2c(Cl)c(C)nn2C)NC)CCCC1. The van der Waals surface area contributed by atoms with Gasteiger partial charge in [-0.15, -0.1) is 0 Å². The van der Waals surface area contributed by atoms with E-state index >= 15 is 0 Å². The molecule has 4 heteroatoms. The number of rotatable bonds is 5. The van der Waals surface area contributed by atoms with Crippen molar-refractivity contribution in [1.82, 2.24) is 15.1 Å². The van der Waals surface area contributed by atoms with Gasteiger partial charge in [0.2, 0.25) is 0 Å². The molecule has 0 saturated heterocycles. The maximum atomic E-state index is 6.40. The first-order valence-corrected chi connectivity index (χ1v) is 7.77. The molecule has 1 fully saturated rings. The van der Waals surface area contributed by atoms with E-state index < -0.39 is 0 Å². The minimum absolute atomic E-state index is 0.441. The molecular weight excluding hydrogens is 258 g/mol. The number of hydrogen-bond acceptors (Lipinski definition) is 2. The molecule has 1 aromatic rings. The van der Waals surface area contributed by atoms with Gasteiger partial charge in [0.1, 0.15) is 0 Å². The van der Waals surface area contributed by atoms with Crippen LogP contribution in [-0.4, -0.2) is 22.9 Å². The minimum atomic E-state index is 0.441. The number of aryl methyl sites for hydroxylation is 2. The van der Waals surface area contributed by atoms with Crippen molar-refractivity contribution in [2.75, 3.05) is 7.05 Å². The van der Waals surface area contributed by atoms with Gasteiger partial charge in [0.25, 0.3) is 0 Å². The fourth-order valence-corrected chi connectivity index (χ4v) is 3.98. The van der Waals surface area contributed by atoms with Crippen LogP contribution in [0.25, 0.3) is 0 Å². The maximum absolute atomic E-state index is 6.40. The third-order valence-electron chi connectivity index (χ3n) is 5.05. The zero-order valence-electron chi connectivity index (χ0n) is 12.6. The molecule has 19 heavy (non-hydrogen) atoms. The van der Waals surface area contributed by atoms with Crippen LogP contribution in [0.4, 0.5) is 0 Å². The molecule has 1 heterocycles. The van der Waals surface area contributed by atoms with Crippen LogP contribution in [-0.2, 0) is 13.5 Å². The molecular formula is C15H26ClN3. The summed E-state index contributed by atoms with van der Waals surface area (Å²) in [4.78, 5) is 0. The molecule has 2 rings (SSSR count). The molecule has 0 radical (unpaired) electrons. The Morgan fingerprint density at radius 1 is 1.42 bits per heavy atom. The van der Waals surface area contributed by atoms with Crippen LogP contribution in [0.1, 0.15) is 50.4 Å². The summed E-state index contributed by atoms with van der Waals surface area (Å²) in [6, 6.07) is 0.493. The highest BCUT2D eigenvalue weighted by Crippen LogP contribution is 2.45. The second-order valence-corrected chi connectivity index (χ2v) is 6.32. The molecule has 0 amide bonds. The number of nitrogens with one attached hydrogen (secondary N) is 1. The maximum Gasteiger partial charge on any atom is 0.0847 e. The summed E-state index contributed by atoms with van der Waals surface area (Å²) in [7, 11) is 4.08. The lowest BCUT2D eigenvalue weighted by atomic mass is 9.74. The van der Waals surface area contributed by atoms with Crippen LogP contribution >= 0.6 is 11.6 Å². The quantitative estimate of drug-likeness (QED) is 0.897. The van der Waals surface area contributed by atoms with Gasteiger partial charge in [0.05, 0.1) is 16.4 Å². The van der Waals surface area contributed by atoms with Gasteiger partial charge in [-0.05, 0) is 38.6 Å². The van der Waals surface area contributed by atoms with Gasteiger partial charge in [-0.2, -0.15) is 5.10 Å². The average Bonchev–Trinajstić information content (AvgIpc) is 2.96. The molecule has 3 nitrogen and oxygen atoms in total. The van der Waals surface area contributed by atoms with Gasteiger partial charge in [-0.1, -0.05) is 31.4 Å². The molecule has 1 saturated carbocycles. The molecule has 1 N–H and O–H groups in total. The number of aromatic nitrogens is 2. The molecule has 1 unspecified atom stereocenters. The number of halogens is 1. The fraction of sp³-hybridized carbons (Fsp3) is 0.800. The van der Waals surface area contributed by atoms with Crippen LogP contribution in [0.3, 0.4) is 0 Å². The Labute approximate surface area is 121 Å². The minimum Gasteiger partial charge on any atom is -0.316 e. The van der Waals surface area contributed by atoms with Crippen LogP contribution < -0.4 is 5.32 Å². The molecule has 1 aromatic heterocycles. The second-order valence-electron chi connectivity index (χ2n) is 5.94. The van der Waals surface area contributed by atoms with Crippen molar-refractivity contribution in [3.05, 3.63) is 16.4 Å². The zero-order chi connectivity index (χ0) is 14.0. The summed E-state index contributed by atoms with van der Waals surface area (Å²) in [5.41, 5.74) is 2.54. The van der Waals surface area contributed by atoms with E-state index in [2.05, 4.69) is 24.4 Å². The lowest BCUT2D eigenvalue weighted by Crippen LogP contribution is -2.43. The van der Waals surface area contributed by atoms with Crippen LogP contribution in [0, 0.1) is 12.3 Å². The van der Waals surface area contributed by atoms with Crippen molar-refractivity contribution in [2.45, 2.75) is 58.4 Å². The Balaban J connectivity index is 2.23. The average molecular weight is 284 g/mol. The van der Waals surface area contributed by atoms with Crippen LogP contribution in [0.15, 0.2) is 0 Å². The third kappa shape index (κ3) is 2.68. The third-order valence-corrected chi connectivity index (χ3v) is 5.54. The van der Waals surface area contributed by atoms with E-state index in [1.54, 1.807) is 0 Å². The Kier molecular flexibility index (Phi) is 4.57. The smallest absolute Gasteiger partial charge is 0.0847 e. The van der Waals surface area contributed by atoms with Gasteiger partial charge < -0.3 is 5.32 Å². The molecule has 0 spiro atoms. The monoisotopic (exact) mass is 283 g/mol. The Hall–Kier alpha value is -0.540.